The molecule has 0 unspecified atom stereocenters. The standard InChI is InChI=1S/C36H36N2O/c1-22(2)27-13-10-14-28(23(3)4)30(27)20-38-33-16-8-7-15-32(33)37-36(38)31-21-39-34-18-17-26(19-29(31)34)35-24(5)11-9-12-25(35)6/h7-19,21-23H,20H2,1-6H3. The number of aryl methyl sites for hydroxylation is 2. The van der Waals surface area contributed by atoms with E-state index in [9.17, 15) is 0 Å². The Bertz CT molecular complexity index is 1770. The predicted octanol–water partition coefficient (Wildman–Crippen LogP) is 10.0. The molecule has 0 amide bonds. The minimum absolute atomic E-state index is 0.437. The Kier molecular flexibility index (Phi) is 6.38. The molecule has 0 aliphatic heterocycles. The third-order valence-corrected chi connectivity index (χ3v) is 8.05. The highest BCUT2D eigenvalue weighted by Crippen LogP contribution is 2.38. The summed E-state index contributed by atoms with van der Waals surface area (Å²) in [6.45, 7) is 14.3. The van der Waals surface area contributed by atoms with E-state index in [2.05, 4.69) is 125 Å². The van der Waals surface area contributed by atoms with Crippen LogP contribution in [0.2, 0.25) is 0 Å². The third-order valence-electron chi connectivity index (χ3n) is 8.05. The van der Waals surface area contributed by atoms with Crippen LogP contribution in [0.5, 0.6) is 0 Å². The highest BCUT2D eigenvalue weighted by atomic mass is 16.3. The SMILES string of the molecule is Cc1cccc(C)c1-c1ccc2occ(-c3nc4ccccc4n3Cc3c(C(C)C)cccc3C(C)C)c2c1. The molecule has 0 bridgehead atoms. The maximum absolute atomic E-state index is 6.13. The van der Waals surface area contributed by atoms with E-state index in [4.69, 9.17) is 9.40 Å². The largest absolute Gasteiger partial charge is 0.464 e. The van der Waals surface area contributed by atoms with E-state index < -0.39 is 0 Å². The van der Waals surface area contributed by atoms with Gasteiger partial charge in [0.15, 0.2) is 0 Å². The van der Waals surface area contributed by atoms with Crippen molar-refractivity contribution in [1.29, 1.82) is 0 Å². The van der Waals surface area contributed by atoms with Gasteiger partial charge in [-0.3, -0.25) is 0 Å². The number of hydrogen-bond acceptors (Lipinski definition) is 2. The molecule has 0 radical (unpaired) electrons. The number of imidazole rings is 1. The Hall–Kier alpha value is -4.11. The van der Waals surface area contributed by atoms with Gasteiger partial charge in [-0.05, 0) is 88.9 Å². The van der Waals surface area contributed by atoms with E-state index in [1.807, 2.05) is 6.26 Å². The van der Waals surface area contributed by atoms with Crippen LogP contribution in [0.4, 0.5) is 0 Å². The number of rotatable bonds is 6. The maximum Gasteiger partial charge on any atom is 0.145 e. The van der Waals surface area contributed by atoms with Crippen LogP contribution in [0.15, 0.2) is 89.5 Å². The Balaban J connectivity index is 1.58. The maximum atomic E-state index is 6.13. The van der Waals surface area contributed by atoms with Gasteiger partial charge in [0, 0.05) is 5.39 Å². The van der Waals surface area contributed by atoms with Gasteiger partial charge in [0.1, 0.15) is 17.7 Å². The van der Waals surface area contributed by atoms with Crippen LogP contribution in [0, 0.1) is 13.8 Å². The number of fused-ring (bicyclic) bond motifs is 2. The highest BCUT2D eigenvalue weighted by Gasteiger charge is 2.21. The molecule has 3 nitrogen and oxygen atoms in total. The average molecular weight is 513 g/mol. The fourth-order valence-corrected chi connectivity index (χ4v) is 6.11. The van der Waals surface area contributed by atoms with Crippen LogP contribution >= 0.6 is 0 Å². The first-order valence-corrected chi connectivity index (χ1v) is 14.0. The quantitative estimate of drug-likeness (QED) is 0.222. The minimum Gasteiger partial charge on any atom is -0.464 e. The van der Waals surface area contributed by atoms with Crippen LogP contribution in [0.1, 0.15) is 67.3 Å². The molecule has 0 spiro atoms. The van der Waals surface area contributed by atoms with Crippen molar-refractivity contribution in [3.05, 3.63) is 113 Å². The van der Waals surface area contributed by atoms with Gasteiger partial charge < -0.3 is 8.98 Å². The molecule has 2 heterocycles. The first-order valence-electron chi connectivity index (χ1n) is 14.0. The summed E-state index contributed by atoms with van der Waals surface area (Å²) in [6.07, 6.45) is 1.88. The topological polar surface area (TPSA) is 31.0 Å². The molecule has 0 atom stereocenters. The second-order valence-electron chi connectivity index (χ2n) is 11.4. The number of aromatic nitrogens is 2. The monoisotopic (exact) mass is 512 g/mol. The van der Waals surface area contributed by atoms with Crippen molar-refractivity contribution in [3.8, 4) is 22.5 Å². The van der Waals surface area contributed by atoms with E-state index in [1.165, 1.54) is 38.9 Å². The van der Waals surface area contributed by atoms with Gasteiger partial charge in [0.2, 0.25) is 0 Å². The van der Waals surface area contributed by atoms with E-state index in [-0.39, 0.29) is 0 Å². The molecule has 4 aromatic carbocycles. The zero-order valence-corrected chi connectivity index (χ0v) is 23.7. The van der Waals surface area contributed by atoms with Crippen LogP contribution in [0.3, 0.4) is 0 Å². The lowest BCUT2D eigenvalue weighted by Crippen LogP contribution is -2.10. The molecule has 6 aromatic rings. The van der Waals surface area contributed by atoms with Crippen molar-refractivity contribution >= 4 is 22.0 Å². The van der Waals surface area contributed by atoms with Crippen LogP contribution in [0.25, 0.3) is 44.5 Å². The van der Waals surface area contributed by atoms with Crippen molar-refractivity contribution in [3.63, 3.8) is 0 Å². The number of benzene rings is 4. The second kappa shape index (κ2) is 9.89. The molecule has 39 heavy (non-hydrogen) atoms. The summed E-state index contributed by atoms with van der Waals surface area (Å²) in [5.41, 5.74) is 13.3. The second-order valence-corrected chi connectivity index (χ2v) is 11.4. The lowest BCUT2D eigenvalue weighted by Gasteiger charge is -2.21. The molecule has 0 saturated carbocycles. The average Bonchev–Trinajstić information content (AvgIpc) is 3.49. The van der Waals surface area contributed by atoms with Crippen molar-refractivity contribution in [2.75, 3.05) is 0 Å². The zero-order chi connectivity index (χ0) is 27.3. The van der Waals surface area contributed by atoms with Crippen molar-refractivity contribution in [2.24, 2.45) is 0 Å². The predicted molar refractivity (Wildman–Crippen MR) is 164 cm³/mol. The van der Waals surface area contributed by atoms with Crippen molar-refractivity contribution in [2.45, 2.75) is 59.9 Å². The van der Waals surface area contributed by atoms with E-state index in [1.54, 1.807) is 0 Å². The zero-order valence-electron chi connectivity index (χ0n) is 23.7. The van der Waals surface area contributed by atoms with Gasteiger partial charge in [-0.2, -0.15) is 0 Å². The fourth-order valence-electron chi connectivity index (χ4n) is 6.11. The molecular formula is C36H36N2O. The fraction of sp³-hybridized carbons (Fsp3) is 0.250. The molecule has 0 fully saturated rings. The molecule has 196 valence electrons. The summed E-state index contributed by atoms with van der Waals surface area (Å²) in [5, 5.41) is 1.09. The highest BCUT2D eigenvalue weighted by molar-refractivity contribution is 5.97. The van der Waals surface area contributed by atoms with Gasteiger partial charge in [-0.25, -0.2) is 4.98 Å². The lowest BCUT2D eigenvalue weighted by atomic mass is 9.88. The summed E-state index contributed by atoms with van der Waals surface area (Å²) < 4.78 is 8.51. The van der Waals surface area contributed by atoms with Crippen molar-refractivity contribution < 1.29 is 4.42 Å². The minimum atomic E-state index is 0.437. The van der Waals surface area contributed by atoms with Gasteiger partial charge in [0.05, 0.1) is 23.1 Å². The Labute approximate surface area is 231 Å². The molecule has 0 N–H and O–H groups in total. The van der Waals surface area contributed by atoms with Crippen LogP contribution in [-0.2, 0) is 6.54 Å². The van der Waals surface area contributed by atoms with E-state index >= 15 is 0 Å². The van der Waals surface area contributed by atoms with Crippen molar-refractivity contribution in [1.82, 2.24) is 9.55 Å². The summed E-state index contributed by atoms with van der Waals surface area (Å²) in [7, 11) is 0. The molecule has 0 aliphatic carbocycles. The van der Waals surface area contributed by atoms with Gasteiger partial charge in [-0.15, -0.1) is 0 Å². The smallest absolute Gasteiger partial charge is 0.145 e. The normalized spacial score (nSPS) is 11.9. The number of hydrogen-bond donors (Lipinski definition) is 0. The molecule has 0 saturated heterocycles. The summed E-state index contributed by atoms with van der Waals surface area (Å²) in [5.74, 6) is 1.82. The summed E-state index contributed by atoms with van der Waals surface area (Å²) in [4.78, 5) is 5.19. The number of para-hydroxylation sites is 2. The molecule has 3 heteroatoms. The van der Waals surface area contributed by atoms with Gasteiger partial charge in [-0.1, -0.05) is 82.3 Å². The molecular weight excluding hydrogens is 476 g/mol. The Morgan fingerprint density at radius 3 is 2.13 bits per heavy atom. The van der Waals surface area contributed by atoms with Crippen LogP contribution < -0.4 is 0 Å². The Morgan fingerprint density at radius 2 is 1.44 bits per heavy atom. The number of furan rings is 1. The lowest BCUT2D eigenvalue weighted by molar-refractivity contribution is 0.616. The first kappa shape index (κ1) is 25.2. The molecule has 6 rings (SSSR count). The third kappa shape index (κ3) is 4.36. The van der Waals surface area contributed by atoms with Gasteiger partial charge >= 0.3 is 0 Å². The molecule has 2 aromatic heterocycles. The first-order chi connectivity index (χ1) is 18.8. The summed E-state index contributed by atoms with van der Waals surface area (Å²) in [6, 6.07) is 28.3. The Morgan fingerprint density at radius 1 is 0.769 bits per heavy atom. The van der Waals surface area contributed by atoms with Gasteiger partial charge in [0.25, 0.3) is 0 Å². The summed E-state index contributed by atoms with van der Waals surface area (Å²) >= 11 is 0. The van der Waals surface area contributed by atoms with E-state index in [0.29, 0.717) is 11.8 Å². The molecule has 0 aliphatic rings. The van der Waals surface area contributed by atoms with E-state index in [0.717, 1.165) is 39.9 Å². The number of nitrogens with zero attached hydrogens (tertiary/aromatic N) is 2. The van der Waals surface area contributed by atoms with Crippen LogP contribution in [-0.4, -0.2) is 9.55 Å².